The Balaban J connectivity index is 4.22. The second-order valence-corrected chi connectivity index (χ2v) is 5.35. The van der Waals surface area contributed by atoms with E-state index < -0.39 is 7.67 Å². The van der Waals surface area contributed by atoms with Crippen molar-refractivity contribution in [1.82, 2.24) is 4.67 Å². The van der Waals surface area contributed by atoms with Gasteiger partial charge in [-0.25, -0.2) is 10.2 Å². The third-order valence-corrected chi connectivity index (χ3v) is 3.65. The van der Waals surface area contributed by atoms with Crippen LogP contribution in [-0.4, -0.2) is 36.1 Å². The van der Waals surface area contributed by atoms with E-state index in [0.717, 1.165) is 0 Å². The van der Waals surface area contributed by atoms with Crippen LogP contribution in [0.5, 0.6) is 0 Å². The molecule has 0 aliphatic carbocycles. The molecule has 2 N–H and O–H groups in total. The first-order valence-corrected chi connectivity index (χ1v) is 7.07. The molecule has 0 aromatic carbocycles. The number of nitrogens with zero attached hydrogens (tertiary/aromatic N) is 2. The Morgan fingerprint density at radius 2 is 1.93 bits per heavy atom. The van der Waals surface area contributed by atoms with E-state index in [0.29, 0.717) is 24.8 Å². The molecule has 15 heavy (non-hydrogen) atoms. The minimum absolute atomic E-state index is 0.0470. The van der Waals surface area contributed by atoms with Crippen molar-refractivity contribution in [2.24, 2.45) is 5.50 Å². The van der Waals surface area contributed by atoms with E-state index >= 15 is 0 Å². The number of alkyl halides is 2. The van der Waals surface area contributed by atoms with Gasteiger partial charge in [-0.2, -0.15) is 5.26 Å². The average Bonchev–Trinajstić information content (AvgIpc) is 2.18. The zero-order valence-corrected chi connectivity index (χ0v) is 10.6. The lowest BCUT2D eigenvalue weighted by atomic mass is 10.5. The number of hydrogen-bond donors (Lipinski definition) is 1. The first-order valence-electron chi connectivity index (χ1n) is 4.36. The Morgan fingerprint density at radius 3 is 2.33 bits per heavy atom. The van der Waals surface area contributed by atoms with Crippen LogP contribution in [0.1, 0.15) is 6.42 Å². The number of nitrogens with two attached hydrogens (primary N) is 1. The van der Waals surface area contributed by atoms with Gasteiger partial charge in [0.05, 0.1) is 19.1 Å². The van der Waals surface area contributed by atoms with Crippen LogP contribution in [0, 0.1) is 11.3 Å². The summed E-state index contributed by atoms with van der Waals surface area (Å²) in [6.07, 6.45) is 0.150. The molecule has 0 spiro atoms. The van der Waals surface area contributed by atoms with Crippen molar-refractivity contribution < 1.29 is 9.09 Å². The number of hydrogen-bond acceptors (Lipinski definition) is 3. The third kappa shape index (κ3) is 6.36. The van der Waals surface area contributed by atoms with Gasteiger partial charge in [-0.1, -0.05) is 0 Å². The van der Waals surface area contributed by atoms with Crippen molar-refractivity contribution >= 4 is 30.9 Å². The molecule has 88 valence electrons. The highest BCUT2D eigenvalue weighted by Gasteiger charge is 2.26. The summed E-state index contributed by atoms with van der Waals surface area (Å²) in [5, 5.41) is 8.29. The van der Waals surface area contributed by atoms with Gasteiger partial charge < -0.3 is 4.52 Å². The van der Waals surface area contributed by atoms with E-state index in [1.165, 1.54) is 4.67 Å². The highest BCUT2D eigenvalue weighted by atomic mass is 35.5. The SMILES string of the molecule is N#CCCO[P@@](N)(=O)N(CCCl)CCCl. The van der Waals surface area contributed by atoms with Gasteiger partial charge in [-0.05, 0) is 0 Å². The first-order chi connectivity index (χ1) is 7.08. The monoisotopic (exact) mass is 273 g/mol. The molecule has 0 amide bonds. The fourth-order valence-electron chi connectivity index (χ4n) is 0.889. The van der Waals surface area contributed by atoms with E-state index in [1.54, 1.807) is 0 Å². The summed E-state index contributed by atoms with van der Waals surface area (Å²) >= 11 is 11.1. The molecule has 0 saturated heterocycles. The van der Waals surface area contributed by atoms with Gasteiger partial charge in [0.15, 0.2) is 0 Å². The number of halogens is 2. The molecule has 5 nitrogen and oxygen atoms in total. The van der Waals surface area contributed by atoms with Crippen molar-refractivity contribution in [3.8, 4) is 6.07 Å². The maximum absolute atomic E-state index is 11.8. The fourth-order valence-corrected chi connectivity index (χ4v) is 2.81. The lowest BCUT2D eigenvalue weighted by molar-refractivity contribution is 0.271. The van der Waals surface area contributed by atoms with Crippen LogP contribution >= 0.6 is 30.9 Å². The summed E-state index contributed by atoms with van der Waals surface area (Å²) in [6.45, 7) is 0.731. The van der Waals surface area contributed by atoms with Crippen LogP contribution < -0.4 is 5.50 Å². The average molecular weight is 274 g/mol. The molecular weight excluding hydrogens is 260 g/mol. The zero-order valence-electron chi connectivity index (χ0n) is 8.23. The minimum Gasteiger partial charge on any atom is -0.305 e. The highest BCUT2D eigenvalue weighted by Crippen LogP contribution is 2.42. The molecule has 8 heteroatoms. The highest BCUT2D eigenvalue weighted by molar-refractivity contribution is 7.53. The van der Waals surface area contributed by atoms with Crippen LogP contribution in [0.4, 0.5) is 0 Å². The molecule has 0 aromatic rings. The van der Waals surface area contributed by atoms with Crippen molar-refractivity contribution in [3.63, 3.8) is 0 Å². The summed E-state index contributed by atoms with van der Waals surface area (Å²) in [6, 6.07) is 1.87. The smallest absolute Gasteiger partial charge is 0.305 e. The third-order valence-electron chi connectivity index (χ3n) is 1.57. The van der Waals surface area contributed by atoms with Gasteiger partial charge >= 0.3 is 7.67 Å². The molecule has 0 bridgehead atoms. The largest absolute Gasteiger partial charge is 0.340 e. The van der Waals surface area contributed by atoms with Crippen molar-refractivity contribution in [2.75, 3.05) is 31.5 Å². The van der Waals surface area contributed by atoms with Crippen LogP contribution in [0.3, 0.4) is 0 Å². The number of nitriles is 1. The summed E-state index contributed by atoms with van der Waals surface area (Å²) in [5.74, 6) is 0.583. The topological polar surface area (TPSA) is 79.3 Å². The zero-order chi connectivity index (χ0) is 11.7. The predicted octanol–water partition coefficient (Wildman–Crippen LogP) is 1.76. The first kappa shape index (κ1) is 15.2. The Morgan fingerprint density at radius 1 is 1.40 bits per heavy atom. The van der Waals surface area contributed by atoms with Crippen LogP contribution in [-0.2, 0) is 9.09 Å². The van der Waals surface area contributed by atoms with Gasteiger partial charge in [0.1, 0.15) is 0 Å². The molecule has 0 aliphatic rings. The van der Waals surface area contributed by atoms with Gasteiger partial charge in [-0.15, -0.1) is 23.2 Å². The van der Waals surface area contributed by atoms with E-state index in [2.05, 4.69) is 0 Å². The van der Waals surface area contributed by atoms with Crippen molar-refractivity contribution in [3.05, 3.63) is 0 Å². The van der Waals surface area contributed by atoms with Gasteiger partial charge in [0.25, 0.3) is 0 Å². The van der Waals surface area contributed by atoms with E-state index in [4.69, 9.17) is 38.5 Å². The molecule has 1 atom stereocenters. The van der Waals surface area contributed by atoms with Crippen LogP contribution in [0.15, 0.2) is 0 Å². The Kier molecular flexibility index (Phi) is 8.45. The van der Waals surface area contributed by atoms with Gasteiger partial charge in [0, 0.05) is 24.8 Å². The number of rotatable bonds is 8. The summed E-state index contributed by atoms with van der Waals surface area (Å²) in [7, 11) is -3.35. The molecule has 0 aliphatic heterocycles. The second-order valence-electron chi connectivity index (χ2n) is 2.64. The molecule has 0 unspecified atom stereocenters. The maximum Gasteiger partial charge on any atom is 0.340 e. The molecule has 0 heterocycles. The minimum atomic E-state index is -3.35. The molecule has 0 rings (SSSR count). The standard InChI is InChI=1S/C7H14Cl2N3O2P/c8-2-5-12(6-3-9)15(11,13)14-7-1-4-10/h1-3,5-7H2,(H2,11,13)/t15-/m1/s1. The van der Waals surface area contributed by atoms with Gasteiger partial charge in [0.2, 0.25) is 0 Å². The summed E-state index contributed by atoms with van der Waals surface area (Å²) in [5.41, 5.74) is 5.51. The van der Waals surface area contributed by atoms with Crippen molar-refractivity contribution in [2.45, 2.75) is 6.42 Å². The molecule has 0 saturated carbocycles. The molecule has 0 radical (unpaired) electrons. The maximum atomic E-state index is 11.8. The Hall–Kier alpha value is 0.180. The van der Waals surface area contributed by atoms with E-state index in [-0.39, 0.29) is 13.0 Å². The summed E-state index contributed by atoms with van der Waals surface area (Å²) in [4.78, 5) is 0. The van der Waals surface area contributed by atoms with E-state index in [9.17, 15) is 4.57 Å². The predicted molar refractivity (Wildman–Crippen MR) is 61.0 cm³/mol. The molecule has 0 aromatic heterocycles. The lowest BCUT2D eigenvalue weighted by Crippen LogP contribution is -2.29. The second kappa shape index (κ2) is 8.35. The normalized spacial score (nSPS) is 14.9. The quantitative estimate of drug-likeness (QED) is 0.414. The lowest BCUT2D eigenvalue weighted by Gasteiger charge is -2.26. The van der Waals surface area contributed by atoms with Crippen molar-refractivity contribution in [1.29, 1.82) is 5.26 Å². The summed E-state index contributed by atoms with van der Waals surface area (Å²) < 4.78 is 18.2. The van der Waals surface area contributed by atoms with E-state index in [1.807, 2.05) is 6.07 Å². The Bertz CT molecular complexity index is 253. The van der Waals surface area contributed by atoms with Crippen LogP contribution in [0.2, 0.25) is 0 Å². The van der Waals surface area contributed by atoms with Crippen LogP contribution in [0.25, 0.3) is 0 Å². The molecule has 0 fully saturated rings. The molecular formula is C7H14Cl2N3O2P. The Labute approximate surface area is 99.6 Å². The van der Waals surface area contributed by atoms with Gasteiger partial charge in [-0.3, -0.25) is 4.57 Å². The fraction of sp³-hybridized carbons (Fsp3) is 0.857.